The third kappa shape index (κ3) is 3.65. The smallest absolute Gasteiger partial charge is 0.126 e. The summed E-state index contributed by atoms with van der Waals surface area (Å²) in [5.74, 6) is -1.12. The van der Waals surface area contributed by atoms with Gasteiger partial charge in [0.1, 0.15) is 11.6 Å². The van der Waals surface area contributed by atoms with Crippen LogP contribution in [0.1, 0.15) is 5.56 Å². The molecule has 0 spiro atoms. The minimum absolute atomic E-state index is 0.376. The molecule has 0 atom stereocenters. The van der Waals surface area contributed by atoms with Gasteiger partial charge in [0.2, 0.25) is 0 Å². The van der Waals surface area contributed by atoms with Crippen molar-refractivity contribution in [2.45, 2.75) is 6.54 Å². The minimum atomic E-state index is -0.560. The maximum Gasteiger partial charge on any atom is 0.126 e. The zero-order chi connectivity index (χ0) is 13.1. The second kappa shape index (κ2) is 5.97. The summed E-state index contributed by atoms with van der Waals surface area (Å²) in [5.41, 5.74) is 1.50. The Kier molecular flexibility index (Phi) is 4.55. The third-order valence-electron chi connectivity index (χ3n) is 2.33. The highest BCUT2D eigenvalue weighted by molar-refractivity contribution is 14.1. The molecule has 5 heteroatoms. The Morgan fingerprint density at radius 1 is 1.06 bits per heavy atom. The maximum absolute atomic E-state index is 13.0. The summed E-state index contributed by atoms with van der Waals surface area (Å²) in [6, 6.07) is 9.33. The van der Waals surface area contributed by atoms with Crippen LogP contribution in [0.5, 0.6) is 0 Å². The standard InChI is InChI=1S/C13H9BrF2IN/c14-9-1-2-12(17)13(5-9)18-7-8-3-10(15)6-11(16)4-8/h1-6,18H,7H2. The molecule has 18 heavy (non-hydrogen) atoms. The Bertz CT molecular complexity index is 555. The van der Waals surface area contributed by atoms with Gasteiger partial charge in [-0.15, -0.1) is 0 Å². The molecule has 0 aliphatic heterocycles. The first-order valence-corrected chi connectivity index (χ1v) is 7.05. The monoisotopic (exact) mass is 423 g/mol. The fraction of sp³-hybridized carbons (Fsp3) is 0.0769. The van der Waals surface area contributed by atoms with Gasteiger partial charge in [0.25, 0.3) is 0 Å². The van der Waals surface area contributed by atoms with E-state index in [4.69, 9.17) is 0 Å². The van der Waals surface area contributed by atoms with E-state index in [1.807, 2.05) is 18.2 Å². The van der Waals surface area contributed by atoms with Crippen molar-refractivity contribution >= 4 is 44.2 Å². The number of rotatable bonds is 3. The van der Waals surface area contributed by atoms with Crippen molar-refractivity contribution in [1.82, 2.24) is 0 Å². The highest BCUT2D eigenvalue weighted by Gasteiger charge is 2.03. The fourth-order valence-corrected chi connectivity index (χ4v) is 2.43. The SMILES string of the molecule is Fc1cc(F)cc(CNc2cc(Br)ccc2I)c1. The summed E-state index contributed by atoms with van der Waals surface area (Å²) in [7, 11) is 0. The topological polar surface area (TPSA) is 12.0 Å². The van der Waals surface area contributed by atoms with E-state index in [1.54, 1.807) is 0 Å². The van der Waals surface area contributed by atoms with Gasteiger partial charge in [0, 0.05) is 26.3 Å². The predicted octanol–water partition coefficient (Wildman–Crippen LogP) is 4.94. The molecule has 2 aromatic rings. The summed E-state index contributed by atoms with van der Waals surface area (Å²) in [4.78, 5) is 0. The van der Waals surface area contributed by atoms with Crippen molar-refractivity contribution in [2.24, 2.45) is 0 Å². The van der Waals surface area contributed by atoms with Gasteiger partial charge in [-0.25, -0.2) is 8.78 Å². The van der Waals surface area contributed by atoms with Crippen molar-refractivity contribution in [3.63, 3.8) is 0 Å². The number of hydrogen-bond acceptors (Lipinski definition) is 1. The number of benzene rings is 2. The lowest BCUT2D eigenvalue weighted by Crippen LogP contribution is -2.02. The van der Waals surface area contributed by atoms with Crippen molar-refractivity contribution in [3.8, 4) is 0 Å². The molecule has 0 saturated carbocycles. The largest absolute Gasteiger partial charge is 0.380 e. The van der Waals surface area contributed by atoms with E-state index in [2.05, 4.69) is 43.8 Å². The first-order valence-electron chi connectivity index (χ1n) is 5.18. The van der Waals surface area contributed by atoms with E-state index in [0.29, 0.717) is 12.1 Å². The van der Waals surface area contributed by atoms with Gasteiger partial charge < -0.3 is 5.32 Å². The van der Waals surface area contributed by atoms with Crippen LogP contribution in [0.4, 0.5) is 14.5 Å². The van der Waals surface area contributed by atoms with E-state index >= 15 is 0 Å². The van der Waals surface area contributed by atoms with E-state index in [1.165, 1.54) is 12.1 Å². The number of anilines is 1. The molecule has 0 aliphatic rings. The maximum atomic E-state index is 13.0. The molecule has 0 unspecified atom stereocenters. The zero-order valence-electron chi connectivity index (χ0n) is 9.18. The summed E-state index contributed by atoms with van der Waals surface area (Å²) in [6.07, 6.45) is 0. The number of hydrogen-bond donors (Lipinski definition) is 1. The predicted molar refractivity (Wildman–Crippen MR) is 80.5 cm³/mol. The Balaban J connectivity index is 2.13. The van der Waals surface area contributed by atoms with E-state index in [9.17, 15) is 8.78 Å². The zero-order valence-corrected chi connectivity index (χ0v) is 12.9. The van der Waals surface area contributed by atoms with Crippen LogP contribution in [0.15, 0.2) is 40.9 Å². The van der Waals surface area contributed by atoms with Crippen molar-refractivity contribution in [3.05, 3.63) is 61.6 Å². The summed E-state index contributed by atoms with van der Waals surface area (Å²) >= 11 is 5.58. The molecule has 1 nitrogen and oxygen atoms in total. The van der Waals surface area contributed by atoms with Crippen LogP contribution in [0.3, 0.4) is 0 Å². The van der Waals surface area contributed by atoms with Crippen molar-refractivity contribution < 1.29 is 8.78 Å². The number of nitrogens with one attached hydrogen (secondary N) is 1. The molecule has 0 heterocycles. The Labute approximate surface area is 126 Å². The molecular weight excluding hydrogens is 415 g/mol. The molecule has 0 saturated heterocycles. The third-order valence-corrected chi connectivity index (χ3v) is 3.77. The van der Waals surface area contributed by atoms with Crippen LogP contribution < -0.4 is 5.32 Å². The average molecular weight is 424 g/mol. The van der Waals surface area contributed by atoms with E-state index < -0.39 is 11.6 Å². The quantitative estimate of drug-likeness (QED) is 0.689. The second-order valence-corrected chi connectivity index (χ2v) is 5.83. The molecule has 0 bridgehead atoms. The molecule has 2 aromatic carbocycles. The van der Waals surface area contributed by atoms with E-state index in [0.717, 1.165) is 19.8 Å². The molecule has 0 aliphatic carbocycles. The van der Waals surface area contributed by atoms with E-state index in [-0.39, 0.29) is 0 Å². The fourth-order valence-electron chi connectivity index (χ4n) is 1.54. The molecule has 2 rings (SSSR count). The molecule has 1 N–H and O–H groups in total. The summed E-state index contributed by atoms with van der Waals surface area (Å²) < 4.78 is 28.0. The highest BCUT2D eigenvalue weighted by Crippen LogP contribution is 2.23. The van der Waals surface area contributed by atoms with Gasteiger partial charge in [0.15, 0.2) is 0 Å². The molecule has 0 amide bonds. The Morgan fingerprint density at radius 2 is 1.72 bits per heavy atom. The van der Waals surface area contributed by atoms with Gasteiger partial charge in [-0.2, -0.15) is 0 Å². The van der Waals surface area contributed by atoms with Gasteiger partial charge in [-0.3, -0.25) is 0 Å². The van der Waals surface area contributed by atoms with Gasteiger partial charge in [0.05, 0.1) is 0 Å². The van der Waals surface area contributed by atoms with Gasteiger partial charge in [-0.1, -0.05) is 15.9 Å². The normalized spacial score (nSPS) is 10.4. The summed E-state index contributed by atoms with van der Waals surface area (Å²) in [5, 5.41) is 3.15. The lowest BCUT2D eigenvalue weighted by molar-refractivity contribution is 0.580. The Hall–Kier alpha value is -0.690. The van der Waals surface area contributed by atoms with Crippen LogP contribution in [0, 0.1) is 15.2 Å². The minimum Gasteiger partial charge on any atom is -0.380 e. The van der Waals surface area contributed by atoms with Crippen molar-refractivity contribution in [2.75, 3.05) is 5.32 Å². The molecule has 0 radical (unpaired) electrons. The first kappa shape index (κ1) is 13.7. The summed E-state index contributed by atoms with van der Waals surface area (Å²) in [6.45, 7) is 0.376. The first-order chi connectivity index (χ1) is 8.54. The lowest BCUT2D eigenvalue weighted by Gasteiger charge is -2.09. The van der Waals surface area contributed by atoms with Crippen LogP contribution in [0.2, 0.25) is 0 Å². The molecule has 0 fully saturated rings. The average Bonchev–Trinajstić information content (AvgIpc) is 2.29. The van der Waals surface area contributed by atoms with Gasteiger partial charge in [-0.05, 0) is 58.5 Å². The highest BCUT2D eigenvalue weighted by atomic mass is 127. The lowest BCUT2D eigenvalue weighted by atomic mass is 10.2. The molecular formula is C13H9BrF2IN. The number of halogens is 4. The molecule has 0 aromatic heterocycles. The van der Waals surface area contributed by atoms with Crippen LogP contribution in [-0.2, 0) is 6.54 Å². The van der Waals surface area contributed by atoms with Crippen LogP contribution in [-0.4, -0.2) is 0 Å². The molecule has 94 valence electrons. The van der Waals surface area contributed by atoms with Crippen LogP contribution >= 0.6 is 38.5 Å². The Morgan fingerprint density at radius 3 is 2.39 bits per heavy atom. The second-order valence-electron chi connectivity index (χ2n) is 3.76. The van der Waals surface area contributed by atoms with Gasteiger partial charge >= 0.3 is 0 Å². The van der Waals surface area contributed by atoms with Crippen molar-refractivity contribution in [1.29, 1.82) is 0 Å². The van der Waals surface area contributed by atoms with Crippen LogP contribution in [0.25, 0.3) is 0 Å².